The number of fused-ring (bicyclic) bond motifs is 5. The average molecular weight is 421 g/mol. The smallest absolute Gasteiger partial charge is 0.302 e. The van der Waals surface area contributed by atoms with E-state index < -0.39 is 11.7 Å². The molecule has 0 unspecified atom stereocenters. The first-order valence-electron chi connectivity index (χ1n) is 12.1. The van der Waals surface area contributed by atoms with Gasteiger partial charge in [0.2, 0.25) is 0 Å². The standard InChI is InChI=1S/C25H40O5/c1-15(29-16(2)26)25(28)13-10-22-20-7-6-18-14-19(30-17(3)27)8-11-23(18,4)21(20)9-12-24(22,25)5/h15,18-22,28H,6-14H2,1-5H3/t15-,18-,19+,20-,21+,22+,23-,24+,25-/m0/s1. The molecule has 170 valence electrons. The van der Waals surface area contributed by atoms with Crippen molar-refractivity contribution in [3.05, 3.63) is 0 Å². The van der Waals surface area contributed by atoms with E-state index in [2.05, 4.69) is 13.8 Å². The molecular weight excluding hydrogens is 380 g/mol. The van der Waals surface area contributed by atoms with Crippen LogP contribution in [0.15, 0.2) is 0 Å². The number of esters is 2. The van der Waals surface area contributed by atoms with Gasteiger partial charge >= 0.3 is 11.9 Å². The van der Waals surface area contributed by atoms with Crippen LogP contribution in [0.3, 0.4) is 0 Å². The van der Waals surface area contributed by atoms with Crippen molar-refractivity contribution in [3.63, 3.8) is 0 Å². The molecule has 9 atom stereocenters. The van der Waals surface area contributed by atoms with E-state index >= 15 is 0 Å². The third-order valence-electron chi connectivity index (χ3n) is 10.2. The van der Waals surface area contributed by atoms with E-state index in [9.17, 15) is 14.7 Å². The molecule has 0 aliphatic heterocycles. The van der Waals surface area contributed by atoms with Crippen LogP contribution in [0.25, 0.3) is 0 Å². The monoisotopic (exact) mass is 420 g/mol. The Bertz CT molecular complexity index is 706. The van der Waals surface area contributed by atoms with Gasteiger partial charge in [-0.3, -0.25) is 9.59 Å². The fourth-order valence-corrected chi connectivity index (χ4v) is 8.63. The van der Waals surface area contributed by atoms with Gasteiger partial charge in [-0.05, 0) is 93.8 Å². The number of carbonyl (C=O) groups excluding carboxylic acids is 2. The molecule has 0 bridgehead atoms. The number of carbonyl (C=O) groups is 2. The summed E-state index contributed by atoms with van der Waals surface area (Å²) in [7, 11) is 0. The number of hydrogen-bond donors (Lipinski definition) is 1. The fraction of sp³-hybridized carbons (Fsp3) is 0.920. The van der Waals surface area contributed by atoms with Gasteiger partial charge in [0.25, 0.3) is 0 Å². The molecule has 4 saturated carbocycles. The molecule has 1 N–H and O–H groups in total. The zero-order chi connectivity index (χ0) is 21.9. The molecular formula is C25H40O5. The zero-order valence-corrected chi connectivity index (χ0v) is 19.4. The largest absolute Gasteiger partial charge is 0.463 e. The van der Waals surface area contributed by atoms with Crippen LogP contribution >= 0.6 is 0 Å². The minimum atomic E-state index is -0.932. The van der Waals surface area contributed by atoms with Gasteiger partial charge in [0.15, 0.2) is 0 Å². The predicted molar refractivity (Wildman–Crippen MR) is 113 cm³/mol. The maximum absolute atomic E-state index is 11.7. The Morgan fingerprint density at radius 1 is 0.933 bits per heavy atom. The SMILES string of the molecule is CC(=O)O[C@@H]1CC[C@@]2(C)[C@@H](CC[C@H]3[C@H]2CC[C@]2(C)[C@@H]3CC[C@]2(O)[C@H](C)OC(C)=O)C1. The maximum Gasteiger partial charge on any atom is 0.302 e. The first kappa shape index (κ1) is 22.1. The van der Waals surface area contributed by atoms with Crippen LogP contribution in [-0.2, 0) is 19.1 Å². The Hall–Kier alpha value is -1.10. The van der Waals surface area contributed by atoms with Gasteiger partial charge in [0.1, 0.15) is 17.8 Å². The van der Waals surface area contributed by atoms with Gasteiger partial charge in [0.05, 0.1) is 0 Å². The van der Waals surface area contributed by atoms with E-state index in [0.717, 1.165) is 44.9 Å². The summed E-state index contributed by atoms with van der Waals surface area (Å²) in [4.78, 5) is 23.0. The van der Waals surface area contributed by atoms with Crippen LogP contribution in [0.1, 0.15) is 92.4 Å². The Morgan fingerprint density at radius 2 is 1.63 bits per heavy atom. The zero-order valence-electron chi connectivity index (χ0n) is 19.4. The summed E-state index contributed by atoms with van der Waals surface area (Å²) in [5.41, 5.74) is -0.816. The highest BCUT2D eigenvalue weighted by Crippen LogP contribution is 2.68. The van der Waals surface area contributed by atoms with Gasteiger partial charge < -0.3 is 14.6 Å². The van der Waals surface area contributed by atoms with Gasteiger partial charge in [0, 0.05) is 19.3 Å². The van der Waals surface area contributed by atoms with Gasteiger partial charge in [-0.2, -0.15) is 0 Å². The minimum absolute atomic E-state index is 0.0899. The lowest BCUT2D eigenvalue weighted by Crippen LogP contribution is -2.60. The van der Waals surface area contributed by atoms with E-state index in [0.29, 0.717) is 29.1 Å². The average Bonchev–Trinajstić information content (AvgIpc) is 2.93. The molecule has 0 heterocycles. The molecule has 4 fully saturated rings. The Morgan fingerprint density at radius 3 is 2.30 bits per heavy atom. The van der Waals surface area contributed by atoms with Crippen LogP contribution in [0.4, 0.5) is 0 Å². The number of ether oxygens (including phenoxy) is 2. The molecule has 30 heavy (non-hydrogen) atoms. The number of rotatable bonds is 3. The topological polar surface area (TPSA) is 72.8 Å². The molecule has 0 radical (unpaired) electrons. The van der Waals surface area contributed by atoms with Gasteiger partial charge in [-0.25, -0.2) is 0 Å². The third kappa shape index (κ3) is 3.22. The maximum atomic E-state index is 11.7. The van der Waals surface area contributed by atoms with Crippen LogP contribution in [0.2, 0.25) is 0 Å². The summed E-state index contributed by atoms with van der Waals surface area (Å²) >= 11 is 0. The lowest BCUT2D eigenvalue weighted by atomic mass is 9.44. The van der Waals surface area contributed by atoms with E-state index in [4.69, 9.17) is 9.47 Å². The van der Waals surface area contributed by atoms with E-state index in [1.165, 1.54) is 26.7 Å². The lowest BCUT2D eigenvalue weighted by molar-refractivity contribution is -0.201. The van der Waals surface area contributed by atoms with Gasteiger partial charge in [-0.15, -0.1) is 0 Å². The molecule has 0 spiro atoms. The molecule has 0 aromatic heterocycles. The molecule has 0 aromatic carbocycles. The van der Waals surface area contributed by atoms with Crippen molar-refractivity contribution in [1.82, 2.24) is 0 Å². The highest BCUT2D eigenvalue weighted by molar-refractivity contribution is 5.66. The van der Waals surface area contributed by atoms with Crippen molar-refractivity contribution in [2.45, 2.75) is 110 Å². The van der Waals surface area contributed by atoms with Gasteiger partial charge in [-0.1, -0.05) is 13.8 Å². The Kier molecular flexibility index (Phi) is 5.52. The van der Waals surface area contributed by atoms with E-state index in [-0.39, 0.29) is 23.5 Å². The molecule has 4 aliphatic carbocycles. The molecule has 0 aromatic rings. The van der Waals surface area contributed by atoms with Crippen molar-refractivity contribution in [2.24, 2.45) is 34.5 Å². The summed E-state index contributed by atoms with van der Waals surface area (Å²) in [6, 6.07) is 0. The van der Waals surface area contributed by atoms with Crippen molar-refractivity contribution < 1.29 is 24.2 Å². The fourth-order valence-electron chi connectivity index (χ4n) is 8.63. The quantitative estimate of drug-likeness (QED) is 0.673. The second-order valence-electron chi connectivity index (χ2n) is 11.3. The van der Waals surface area contributed by atoms with Crippen LogP contribution in [0, 0.1) is 34.5 Å². The molecule has 4 rings (SSSR count). The molecule has 5 nitrogen and oxygen atoms in total. The van der Waals surface area contributed by atoms with Crippen molar-refractivity contribution in [3.8, 4) is 0 Å². The summed E-state index contributed by atoms with van der Waals surface area (Å²) in [5, 5.41) is 11.7. The second kappa shape index (κ2) is 7.50. The number of aliphatic hydroxyl groups is 1. The van der Waals surface area contributed by atoms with E-state index in [1.54, 1.807) is 0 Å². The predicted octanol–water partition coefficient (Wildman–Crippen LogP) is 4.64. The number of hydrogen-bond acceptors (Lipinski definition) is 5. The second-order valence-corrected chi connectivity index (χ2v) is 11.3. The van der Waals surface area contributed by atoms with Crippen molar-refractivity contribution in [2.75, 3.05) is 0 Å². The third-order valence-corrected chi connectivity index (χ3v) is 10.2. The summed E-state index contributed by atoms with van der Waals surface area (Å²) in [6.07, 6.45) is 9.02. The summed E-state index contributed by atoms with van der Waals surface area (Å²) < 4.78 is 11.1. The molecule has 0 saturated heterocycles. The molecule has 0 amide bonds. The first-order valence-corrected chi connectivity index (χ1v) is 12.1. The summed E-state index contributed by atoms with van der Waals surface area (Å²) in [5.74, 6) is 1.96. The highest BCUT2D eigenvalue weighted by Gasteiger charge is 2.66. The van der Waals surface area contributed by atoms with E-state index in [1.807, 2.05) is 6.92 Å². The first-order chi connectivity index (χ1) is 14.0. The molecule has 5 heteroatoms. The lowest BCUT2D eigenvalue weighted by Gasteiger charge is -2.62. The highest BCUT2D eigenvalue weighted by atomic mass is 16.6. The normalized spacial score (nSPS) is 48.7. The summed E-state index contributed by atoms with van der Waals surface area (Å²) in [6.45, 7) is 9.57. The van der Waals surface area contributed by atoms with Crippen molar-refractivity contribution in [1.29, 1.82) is 0 Å². The van der Waals surface area contributed by atoms with Crippen LogP contribution in [0.5, 0.6) is 0 Å². The van der Waals surface area contributed by atoms with Crippen LogP contribution < -0.4 is 0 Å². The van der Waals surface area contributed by atoms with Crippen molar-refractivity contribution >= 4 is 11.9 Å². The van der Waals surface area contributed by atoms with Crippen LogP contribution in [-0.4, -0.2) is 34.9 Å². The Balaban J connectivity index is 1.54. The minimum Gasteiger partial charge on any atom is -0.463 e. The molecule has 4 aliphatic rings. The Labute approximate surface area is 181 Å².